The maximum Gasteiger partial charge on any atom is 0.193 e. The molecule has 3 aromatic rings. The fraction of sp³-hybridized carbons (Fsp3) is 0.500. The van der Waals surface area contributed by atoms with E-state index in [0.29, 0.717) is 34.8 Å². The highest BCUT2D eigenvalue weighted by molar-refractivity contribution is 5.81. The number of aliphatic hydroxyl groups is 2. The summed E-state index contributed by atoms with van der Waals surface area (Å²) in [6, 6.07) is 10.9. The molecule has 6 rings (SSSR count). The zero-order chi connectivity index (χ0) is 23.2. The van der Waals surface area contributed by atoms with Crippen LogP contribution in [0.3, 0.4) is 0 Å². The summed E-state index contributed by atoms with van der Waals surface area (Å²) in [4.78, 5) is 7.65. The van der Waals surface area contributed by atoms with E-state index in [2.05, 4.69) is 9.97 Å². The Morgan fingerprint density at radius 2 is 1.94 bits per heavy atom. The number of rotatable bonds is 5. The largest absolute Gasteiger partial charge is 0.473 e. The molecule has 176 valence electrons. The number of pyridine rings is 1. The van der Waals surface area contributed by atoms with Gasteiger partial charge in [-0.3, -0.25) is 0 Å². The number of nitrogens with one attached hydrogen (secondary N) is 1. The molecule has 1 aromatic carbocycles. The van der Waals surface area contributed by atoms with Crippen LogP contribution in [0.25, 0.3) is 22.3 Å². The van der Waals surface area contributed by atoms with Crippen molar-refractivity contribution < 1.29 is 24.1 Å². The van der Waals surface area contributed by atoms with Crippen molar-refractivity contribution in [3.05, 3.63) is 47.8 Å². The normalized spacial score (nSPS) is 27.2. The summed E-state index contributed by atoms with van der Waals surface area (Å²) >= 11 is 0. The molecule has 3 fully saturated rings. The van der Waals surface area contributed by atoms with Crippen molar-refractivity contribution >= 4 is 11.0 Å². The van der Waals surface area contributed by atoms with Crippen molar-refractivity contribution in [3.63, 3.8) is 0 Å². The Labute approximate surface area is 192 Å². The van der Waals surface area contributed by atoms with Gasteiger partial charge in [-0.2, -0.15) is 0 Å². The summed E-state index contributed by atoms with van der Waals surface area (Å²) in [5.74, 6) is 0.254. The number of hydrogen-bond acceptors (Lipinski definition) is 5. The van der Waals surface area contributed by atoms with E-state index >= 15 is 0 Å². The van der Waals surface area contributed by atoms with Crippen molar-refractivity contribution in [2.75, 3.05) is 13.2 Å². The molecule has 2 aromatic heterocycles. The lowest BCUT2D eigenvalue weighted by Gasteiger charge is -2.18. The summed E-state index contributed by atoms with van der Waals surface area (Å²) in [7, 11) is 0. The van der Waals surface area contributed by atoms with Gasteiger partial charge in [-0.25, -0.2) is 9.37 Å². The van der Waals surface area contributed by atoms with Crippen LogP contribution in [0.1, 0.15) is 45.1 Å². The molecule has 3 heterocycles. The summed E-state index contributed by atoms with van der Waals surface area (Å²) in [6.45, 7) is 4.50. The standard InChI is InChI=1S/C24H25FN2O4.C2H6/c25-16-9-17-18(10-21(26-17)31-20-6-5-15-19(29)11-30-23(15)20)27-22(16)13-1-3-14(4-2-13)24(12-28)7-8-24;1-2/h1-4,9-10,15,19-20,23,26,28-29H,5-8,11-12H2;1-2H3/t15?,19-,20-,23+;/m1./s1. The predicted octanol–water partition coefficient (Wildman–Crippen LogP) is 4.34. The number of H-pyrrole nitrogens is 1. The molecular formula is C26H31FN2O4. The third kappa shape index (κ3) is 3.92. The predicted molar refractivity (Wildman–Crippen MR) is 124 cm³/mol. The molecule has 1 saturated heterocycles. The van der Waals surface area contributed by atoms with Crippen molar-refractivity contribution in [1.82, 2.24) is 9.97 Å². The van der Waals surface area contributed by atoms with Crippen LogP contribution in [0.2, 0.25) is 0 Å². The molecule has 0 radical (unpaired) electrons. The lowest BCUT2D eigenvalue weighted by molar-refractivity contribution is 0.0154. The molecule has 3 N–H and O–H groups in total. The van der Waals surface area contributed by atoms with Crippen LogP contribution in [-0.4, -0.2) is 51.7 Å². The minimum atomic E-state index is -0.418. The van der Waals surface area contributed by atoms with Gasteiger partial charge in [-0.05, 0) is 31.2 Å². The smallest absolute Gasteiger partial charge is 0.193 e. The van der Waals surface area contributed by atoms with E-state index in [9.17, 15) is 14.6 Å². The molecule has 7 heteroatoms. The van der Waals surface area contributed by atoms with Crippen molar-refractivity contribution in [2.45, 2.75) is 63.3 Å². The first-order chi connectivity index (χ1) is 16.1. The average molecular weight is 455 g/mol. The van der Waals surface area contributed by atoms with Gasteiger partial charge in [0.2, 0.25) is 0 Å². The topological polar surface area (TPSA) is 87.6 Å². The van der Waals surface area contributed by atoms with Gasteiger partial charge in [0.1, 0.15) is 11.8 Å². The van der Waals surface area contributed by atoms with E-state index in [4.69, 9.17) is 9.47 Å². The van der Waals surface area contributed by atoms with E-state index in [0.717, 1.165) is 31.2 Å². The van der Waals surface area contributed by atoms with Crippen LogP contribution in [-0.2, 0) is 10.2 Å². The summed E-state index contributed by atoms with van der Waals surface area (Å²) < 4.78 is 26.7. The van der Waals surface area contributed by atoms with Crippen molar-refractivity contribution in [1.29, 1.82) is 0 Å². The molecule has 33 heavy (non-hydrogen) atoms. The molecule has 4 atom stereocenters. The Balaban J connectivity index is 0.00000111. The summed E-state index contributed by atoms with van der Waals surface area (Å²) in [5.41, 5.74) is 3.18. The molecule has 0 bridgehead atoms. The third-order valence-electron chi connectivity index (χ3n) is 7.26. The van der Waals surface area contributed by atoms with Gasteiger partial charge in [0.05, 0.1) is 36.5 Å². The SMILES string of the molecule is CC.OCC1(c2ccc(-c3nc4cc(O[C@@H]5CCC6[C@H](O)CO[C@@H]65)[nH]c4cc3F)cc2)CC1. The first kappa shape index (κ1) is 22.3. The highest BCUT2D eigenvalue weighted by Gasteiger charge is 2.47. The van der Waals surface area contributed by atoms with Crippen molar-refractivity contribution in [2.24, 2.45) is 5.92 Å². The molecule has 1 unspecified atom stereocenters. The second kappa shape index (κ2) is 8.70. The second-order valence-corrected chi connectivity index (χ2v) is 9.16. The van der Waals surface area contributed by atoms with Gasteiger partial charge in [0.25, 0.3) is 0 Å². The number of hydrogen-bond donors (Lipinski definition) is 3. The van der Waals surface area contributed by atoms with Crippen LogP contribution in [0.4, 0.5) is 4.39 Å². The van der Waals surface area contributed by atoms with E-state index in [1.54, 1.807) is 6.07 Å². The molecule has 1 aliphatic heterocycles. The minimum Gasteiger partial charge on any atom is -0.473 e. The maximum atomic E-state index is 14.8. The first-order valence-electron chi connectivity index (χ1n) is 11.9. The van der Waals surface area contributed by atoms with Crippen LogP contribution < -0.4 is 4.74 Å². The number of aromatic amines is 1. The Bertz CT molecular complexity index is 1130. The van der Waals surface area contributed by atoms with E-state index in [1.165, 1.54) is 6.07 Å². The zero-order valence-electron chi connectivity index (χ0n) is 19.1. The maximum absolute atomic E-state index is 14.8. The monoisotopic (exact) mass is 454 g/mol. The van der Waals surface area contributed by atoms with E-state index in [1.807, 2.05) is 38.1 Å². The average Bonchev–Trinajstić information content (AvgIpc) is 3.18. The fourth-order valence-electron chi connectivity index (χ4n) is 5.17. The van der Waals surface area contributed by atoms with Gasteiger partial charge in [-0.15, -0.1) is 0 Å². The molecule has 6 nitrogen and oxygen atoms in total. The Kier molecular flexibility index (Phi) is 5.89. The number of fused-ring (bicyclic) bond motifs is 2. The Morgan fingerprint density at radius 1 is 1.18 bits per heavy atom. The van der Waals surface area contributed by atoms with Gasteiger partial charge < -0.3 is 24.7 Å². The first-order valence-corrected chi connectivity index (χ1v) is 11.9. The number of halogens is 1. The summed E-state index contributed by atoms with van der Waals surface area (Å²) in [5, 5.41) is 19.6. The molecule has 2 aliphatic carbocycles. The molecular weight excluding hydrogens is 423 g/mol. The van der Waals surface area contributed by atoms with Crippen LogP contribution >= 0.6 is 0 Å². The van der Waals surface area contributed by atoms with Crippen LogP contribution in [0.5, 0.6) is 5.88 Å². The quantitative estimate of drug-likeness (QED) is 0.534. The summed E-state index contributed by atoms with van der Waals surface area (Å²) in [6.07, 6.45) is 3.01. The Hall–Kier alpha value is -2.48. The van der Waals surface area contributed by atoms with E-state index < -0.39 is 11.9 Å². The van der Waals surface area contributed by atoms with Gasteiger partial charge >= 0.3 is 0 Å². The van der Waals surface area contributed by atoms with Crippen LogP contribution in [0, 0.1) is 11.7 Å². The number of aromatic nitrogens is 2. The highest BCUT2D eigenvalue weighted by atomic mass is 19.1. The van der Waals surface area contributed by atoms with Gasteiger partial charge in [0, 0.05) is 29.0 Å². The minimum absolute atomic E-state index is 0.103. The number of nitrogens with zero attached hydrogens (tertiary/aromatic N) is 1. The lowest BCUT2D eigenvalue weighted by atomic mass is 9.95. The number of ether oxygens (including phenoxy) is 2. The zero-order valence-corrected chi connectivity index (χ0v) is 19.1. The third-order valence-corrected chi connectivity index (χ3v) is 7.26. The molecule has 0 spiro atoms. The van der Waals surface area contributed by atoms with Crippen molar-refractivity contribution in [3.8, 4) is 17.1 Å². The number of benzene rings is 1. The molecule has 3 aliphatic rings. The van der Waals surface area contributed by atoms with Crippen LogP contribution in [0.15, 0.2) is 36.4 Å². The Morgan fingerprint density at radius 3 is 2.64 bits per heavy atom. The lowest BCUT2D eigenvalue weighted by Crippen LogP contribution is -2.30. The fourth-order valence-corrected chi connectivity index (χ4v) is 5.17. The van der Waals surface area contributed by atoms with Gasteiger partial charge in [0.15, 0.2) is 11.7 Å². The van der Waals surface area contributed by atoms with Gasteiger partial charge in [-0.1, -0.05) is 38.1 Å². The van der Waals surface area contributed by atoms with E-state index in [-0.39, 0.29) is 30.1 Å². The highest BCUT2D eigenvalue weighted by Crippen LogP contribution is 2.48. The number of aliphatic hydroxyl groups excluding tert-OH is 2. The molecule has 0 amide bonds. The second-order valence-electron chi connectivity index (χ2n) is 9.16. The molecule has 2 saturated carbocycles.